The number of anilines is 1. The Kier molecular flexibility index (Phi) is 5.99. The summed E-state index contributed by atoms with van der Waals surface area (Å²) in [4.78, 5) is 17.0. The van der Waals surface area contributed by atoms with Crippen LogP contribution in [0.2, 0.25) is 0 Å². The molecule has 1 saturated heterocycles. The second-order valence-corrected chi connectivity index (χ2v) is 7.88. The molecule has 1 unspecified atom stereocenters. The van der Waals surface area contributed by atoms with E-state index < -0.39 is 0 Å². The van der Waals surface area contributed by atoms with Gasteiger partial charge in [-0.1, -0.05) is 6.07 Å². The van der Waals surface area contributed by atoms with Crippen molar-refractivity contribution in [3.05, 3.63) is 35.4 Å². The number of carbonyl (C=O) groups is 1. The highest BCUT2D eigenvalue weighted by atomic mass is 16.5. The van der Waals surface area contributed by atoms with Crippen LogP contribution >= 0.6 is 0 Å². The van der Waals surface area contributed by atoms with Crippen LogP contribution in [0.5, 0.6) is 5.75 Å². The Morgan fingerprint density at radius 3 is 2.93 bits per heavy atom. The maximum Gasteiger partial charge on any atom is 0.319 e. The summed E-state index contributed by atoms with van der Waals surface area (Å²) in [5.41, 5.74) is 1.77. The lowest BCUT2D eigenvalue weighted by atomic mass is 10.0. The van der Waals surface area contributed by atoms with Crippen LogP contribution in [0, 0.1) is 19.8 Å². The number of benzene rings is 1. The molecule has 1 aromatic carbocycles. The van der Waals surface area contributed by atoms with Gasteiger partial charge in [0.25, 0.3) is 0 Å². The molecule has 1 fully saturated rings. The number of aromatic nitrogens is 3. The van der Waals surface area contributed by atoms with Crippen molar-refractivity contribution in [2.24, 2.45) is 5.92 Å². The van der Waals surface area contributed by atoms with E-state index in [4.69, 9.17) is 9.47 Å². The van der Waals surface area contributed by atoms with Crippen molar-refractivity contribution in [1.29, 1.82) is 0 Å². The number of fused-ring (bicyclic) bond motifs is 1. The Hall–Kier alpha value is -2.61. The Morgan fingerprint density at radius 1 is 1.28 bits per heavy atom. The van der Waals surface area contributed by atoms with Crippen molar-refractivity contribution < 1.29 is 14.3 Å². The van der Waals surface area contributed by atoms with Gasteiger partial charge >= 0.3 is 6.03 Å². The van der Waals surface area contributed by atoms with Crippen molar-refractivity contribution >= 4 is 11.7 Å². The molecule has 2 N–H and O–H groups in total. The number of rotatable bonds is 5. The minimum atomic E-state index is -0.247. The van der Waals surface area contributed by atoms with E-state index >= 15 is 0 Å². The number of carbonyl (C=O) groups excluding carboxylic acids is 1. The topological polar surface area (TPSA) is 90.3 Å². The van der Waals surface area contributed by atoms with E-state index in [9.17, 15) is 4.79 Å². The van der Waals surface area contributed by atoms with Gasteiger partial charge in [0.05, 0.1) is 12.6 Å². The smallest absolute Gasteiger partial charge is 0.319 e. The van der Waals surface area contributed by atoms with Crippen LogP contribution in [-0.4, -0.2) is 40.6 Å². The molecule has 3 heterocycles. The molecule has 2 aliphatic heterocycles. The standard InChI is InChI=1S/C21H29N5O3/c1-14-5-6-17(12-19(14)29-13-16-7-10-28-11-8-16)23-21(27)24-18-4-3-9-26-20(18)22-15(2)25-26/h5-6,12,16,18H,3-4,7-11,13H2,1-2H3,(H2,23,24,27). The maximum atomic E-state index is 12.6. The highest BCUT2D eigenvalue weighted by molar-refractivity contribution is 5.89. The predicted molar refractivity (Wildman–Crippen MR) is 109 cm³/mol. The zero-order chi connectivity index (χ0) is 20.2. The molecule has 4 rings (SSSR count). The molecule has 2 aliphatic rings. The molecule has 2 amide bonds. The molecule has 1 atom stereocenters. The number of nitrogens with zero attached hydrogens (tertiary/aromatic N) is 3. The van der Waals surface area contributed by atoms with Crippen LogP contribution in [-0.2, 0) is 11.3 Å². The first kappa shape index (κ1) is 19.7. The fourth-order valence-corrected chi connectivity index (χ4v) is 3.88. The zero-order valence-electron chi connectivity index (χ0n) is 17.1. The van der Waals surface area contributed by atoms with Crippen LogP contribution in [0.4, 0.5) is 10.5 Å². The summed E-state index contributed by atoms with van der Waals surface area (Å²) < 4.78 is 13.3. The number of ether oxygens (including phenoxy) is 2. The van der Waals surface area contributed by atoms with E-state index in [0.717, 1.165) is 68.4 Å². The first-order chi connectivity index (χ1) is 14.1. The third-order valence-corrected chi connectivity index (χ3v) is 5.55. The second kappa shape index (κ2) is 8.82. The number of urea groups is 1. The fraction of sp³-hybridized carbons (Fsp3) is 0.571. The summed E-state index contributed by atoms with van der Waals surface area (Å²) in [5, 5.41) is 10.3. The Balaban J connectivity index is 1.36. The molecule has 0 saturated carbocycles. The molecule has 0 spiro atoms. The molecule has 0 radical (unpaired) electrons. The zero-order valence-corrected chi connectivity index (χ0v) is 17.1. The molecule has 1 aromatic heterocycles. The van der Waals surface area contributed by atoms with Gasteiger partial charge in [0.1, 0.15) is 17.4 Å². The number of aryl methyl sites for hydroxylation is 3. The molecule has 2 aromatic rings. The van der Waals surface area contributed by atoms with E-state index in [2.05, 4.69) is 20.7 Å². The van der Waals surface area contributed by atoms with E-state index in [-0.39, 0.29) is 12.1 Å². The van der Waals surface area contributed by atoms with Gasteiger partial charge in [-0.15, -0.1) is 0 Å². The lowest BCUT2D eigenvalue weighted by Crippen LogP contribution is -2.36. The van der Waals surface area contributed by atoms with Crippen LogP contribution < -0.4 is 15.4 Å². The van der Waals surface area contributed by atoms with Gasteiger partial charge in [-0.2, -0.15) is 5.10 Å². The lowest BCUT2D eigenvalue weighted by molar-refractivity contribution is 0.0496. The highest BCUT2D eigenvalue weighted by Crippen LogP contribution is 2.26. The molecule has 0 bridgehead atoms. The summed E-state index contributed by atoms with van der Waals surface area (Å²) in [6.45, 7) is 7.03. The van der Waals surface area contributed by atoms with Crippen molar-refractivity contribution in [1.82, 2.24) is 20.1 Å². The van der Waals surface area contributed by atoms with Crippen molar-refractivity contribution in [3.63, 3.8) is 0 Å². The summed E-state index contributed by atoms with van der Waals surface area (Å²) >= 11 is 0. The minimum absolute atomic E-state index is 0.125. The average Bonchev–Trinajstić information content (AvgIpc) is 3.10. The van der Waals surface area contributed by atoms with Gasteiger partial charge < -0.3 is 20.1 Å². The minimum Gasteiger partial charge on any atom is -0.493 e. The van der Waals surface area contributed by atoms with E-state index in [1.165, 1.54) is 0 Å². The largest absolute Gasteiger partial charge is 0.493 e. The van der Waals surface area contributed by atoms with Gasteiger partial charge in [0.15, 0.2) is 0 Å². The lowest BCUT2D eigenvalue weighted by Gasteiger charge is -2.24. The van der Waals surface area contributed by atoms with Crippen LogP contribution in [0.1, 0.15) is 48.9 Å². The SMILES string of the molecule is Cc1nc2n(n1)CCCC2NC(=O)Nc1ccc(C)c(OCC2CCOCC2)c1. The van der Waals surface area contributed by atoms with Gasteiger partial charge in [-0.05, 0) is 57.1 Å². The molecular weight excluding hydrogens is 370 g/mol. The first-order valence-electron chi connectivity index (χ1n) is 10.4. The molecule has 29 heavy (non-hydrogen) atoms. The Morgan fingerprint density at radius 2 is 2.10 bits per heavy atom. The van der Waals surface area contributed by atoms with E-state index in [0.29, 0.717) is 18.2 Å². The van der Waals surface area contributed by atoms with Crippen molar-refractivity contribution in [2.45, 2.75) is 52.1 Å². The number of nitrogens with one attached hydrogen (secondary N) is 2. The molecule has 0 aliphatic carbocycles. The highest BCUT2D eigenvalue weighted by Gasteiger charge is 2.25. The Labute approximate surface area is 171 Å². The van der Waals surface area contributed by atoms with Gasteiger partial charge in [0.2, 0.25) is 0 Å². The molecule has 156 valence electrons. The number of hydrogen-bond donors (Lipinski definition) is 2. The summed E-state index contributed by atoms with van der Waals surface area (Å²) in [6.07, 6.45) is 3.89. The van der Waals surface area contributed by atoms with Gasteiger partial charge in [-0.3, -0.25) is 0 Å². The number of amides is 2. The number of hydrogen-bond acceptors (Lipinski definition) is 5. The summed E-state index contributed by atoms with van der Waals surface area (Å²) in [6, 6.07) is 5.38. The monoisotopic (exact) mass is 399 g/mol. The summed E-state index contributed by atoms with van der Waals surface area (Å²) in [7, 11) is 0. The van der Waals surface area contributed by atoms with Crippen LogP contribution in [0.25, 0.3) is 0 Å². The third-order valence-electron chi connectivity index (χ3n) is 5.55. The van der Waals surface area contributed by atoms with Crippen LogP contribution in [0.15, 0.2) is 18.2 Å². The van der Waals surface area contributed by atoms with Crippen molar-refractivity contribution in [3.8, 4) is 5.75 Å². The van der Waals surface area contributed by atoms with Crippen LogP contribution in [0.3, 0.4) is 0 Å². The van der Waals surface area contributed by atoms with E-state index in [1.54, 1.807) is 0 Å². The quantitative estimate of drug-likeness (QED) is 0.805. The third kappa shape index (κ3) is 4.87. The Bertz CT molecular complexity index is 860. The maximum absolute atomic E-state index is 12.6. The van der Waals surface area contributed by atoms with Gasteiger partial charge in [-0.25, -0.2) is 14.5 Å². The van der Waals surface area contributed by atoms with Gasteiger partial charge in [0, 0.05) is 31.5 Å². The fourth-order valence-electron chi connectivity index (χ4n) is 3.88. The normalized spacial score (nSPS) is 19.4. The first-order valence-corrected chi connectivity index (χ1v) is 10.4. The second-order valence-electron chi connectivity index (χ2n) is 7.88. The summed E-state index contributed by atoms with van der Waals surface area (Å²) in [5.74, 6) is 2.89. The molecular formula is C21H29N5O3. The predicted octanol–water partition coefficient (Wildman–Crippen LogP) is 3.36. The van der Waals surface area contributed by atoms with Crippen molar-refractivity contribution in [2.75, 3.05) is 25.1 Å². The molecule has 8 nitrogen and oxygen atoms in total. The van der Waals surface area contributed by atoms with E-state index in [1.807, 2.05) is 36.7 Å². The molecule has 8 heteroatoms. The average molecular weight is 399 g/mol.